The normalized spacial score (nSPS) is 15.4. The first-order chi connectivity index (χ1) is 15.7. The number of carbonyl (C=O) groups is 1. The van der Waals surface area contributed by atoms with E-state index in [-0.39, 0.29) is 5.91 Å². The average Bonchev–Trinajstić information content (AvgIpc) is 2.84. The third kappa shape index (κ3) is 4.89. The highest BCUT2D eigenvalue weighted by molar-refractivity contribution is 5.80. The molecule has 1 aliphatic heterocycles. The van der Waals surface area contributed by atoms with Crippen LogP contribution in [0.2, 0.25) is 0 Å². The third-order valence-corrected chi connectivity index (χ3v) is 5.66. The van der Waals surface area contributed by atoms with E-state index in [1.54, 1.807) is 48.5 Å². The first-order valence-electron chi connectivity index (χ1n) is 10.5. The van der Waals surface area contributed by atoms with E-state index in [0.29, 0.717) is 37.6 Å². The number of nitrogens with zero attached hydrogens (tertiary/aromatic N) is 5. The van der Waals surface area contributed by atoms with E-state index in [4.69, 9.17) is 0 Å². The molecule has 1 saturated heterocycles. The van der Waals surface area contributed by atoms with Gasteiger partial charge in [0.1, 0.15) is 6.04 Å². The van der Waals surface area contributed by atoms with Crippen molar-refractivity contribution in [1.29, 1.82) is 0 Å². The molecule has 1 aliphatic rings. The molecule has 33 heavy (non-hydrogen) atoms. The number of anilines is 1. The van der Waals surface area contributed by atoms with E-state index >= 15 is 0 Å². The van der Waals surface area contributed by atoms with Gasteiger partial charge in [0.2, 0.25) is 5.91 Å². The van der Waals surface area contributed by atoms with Gasteiger partial charge in [-0.25, -0.2) is 4.68 Å². The predicted octanol–water partition coefficient (Wildman–Crippen LogP) is 3.23. The number of pyridine rings is 1. The Morgan fingerprint density at radius 2 is 1.70 bits per heavy atom. The summed E-state index contributed by atoms with van der Waals surface area (Å²) >= 11 is 0. The van der Waals surface area contributed by atoms with E-state index in [1.165, 1.54) is 12.1 Å². The molecular weight excluding hydrogens is 435 g/mol. The summed E-state index contributed by atoms with van der Waals surface area (Å²) in [5.41, 5.74) is 0.690. The number of alkyl halides is 3. The van der Waals surface area contributed by atoms with Crippen molar-refractivity contribution in [3.05, 3.63) is 76.8 Å². The average molecular weight is 457 g/mol. The zero-order valence-corrected chi connectivity index (χ0v) is 17.9. The zero-order valence-electron chi connectivity index (χ0n) is 17.9. The second kappa shape index (κ2) is 9.05. The summed E-state index contributed by atoms with van der Waals surface area (Å²) in [6.07, 6.45) is -1.18. The van der Waals surface area contributed by atoms with Crippen molar-refractivity contribution >= 4 is 11.6 Å². The maximum atomic E-state index is 13.1. The molecule has 0 radical (unpaired) electrons. The lowest BCUT2D eigenvalue weighted by Gasteiger charge is -2.37. The minimum absolute atomic E-state index is 0.264. The Morgan fingerprint density at radius 3 is 2.36 bits per heavy atom. The van der Waals surface area contributed by atoms with Gasteiger partial charge in [0.05, 0.1) is 11.3 Å². The Bertz CT molecular complexity index is 1190. The fourth-order valence-electron chi connectivity index (χ4n) is 3.81. The number of rotatable bonds is 4. The summed E-state index contributed by atoms with van der Waals surface area (Å²) in [5.74, 6) is -0.264. The van der Waals surface area contributed by atoms with E-state index in [1.807, 2.05) is 4.90 Å². The van der Waals surface area contributed by atoms with Crippen LogP contribution in [0.4, 0.5) is 18.9 Å². The van der Waals surface area contributed by atoms with Crippen molar-refractivity contribution in [3.63, 3.8) is 0 Å². The van der Waals surface area contributed by atoms with Crippen molar-refractivity contribution in [2.75, 3.05) is 31.1 Å². The van der Waals surface area contributed by atoms with Gasteiger partial charge in [0.15, 0.2) is 0 Å². The lowest BCUT2D eigenvalue weighted by molar-refractivity contribution is -0.137. The summed E-state index contributed by atoms with van der Waals surface area (Å²) in [5, 5.41) is 4.37. The number of hydrogen-bond donors (Lipinski definition) is 0. The quantitative estimate of drug-likeness (QED) is 0.602. The number of hydrogen-bond acceptors (Lipinski definition) is 5. The van der Waals surface area contributed by atoms with E-state index < -0.39 is 23.3 Å². The topological polar surface area (TPSA) is 71.3 Å². The number of carbonyl (C=O) groups excluding carboxylic acids is 1. The Kier molecular flexibility index (Phi) is 6.17. The smallest absolute Gasteiger partial charge is 0.368 e. The molecule has 1 aromatic carbocycles. The Labute approximate surface area is 188 Å². The van der Waals surface area contributed by atoms with Gasteiger partial charge < -0.3 is 9.80 Å². The molecule has 0 aliphatic carbocycles. The van der Waals surface area contributed by atoms with Crippen molar-refractivity contribution in [1.82, 2.24) is 19.7 Å². The molecule has 0 saturated carbocycles. The molecule has 172 valence electrons. The highest BCUT2D eigenvalue weighted by atomic mass is 19.4. The summed E-state index contributed by atoms with van der Waals surface area (Å²) < 4.78 is 40.2. The minimum atomic E-state index is -4.41. The summed E-state index contributed by atoms with van der Waals surface area (Å²) in [7, 11) is 0. The minimum Gasteiger partial charge on any atom is -0.368 e. The fourth-order valence-corrected chi connectivity index (χ4v) is 3.81. The monoisotopic (exact) mass is 457 g/mol. The molecule has 10 heteroatoms. The SMILES string of the molecule is CC(C(=O)N1CCN(c2cccc(C(F)(F)F)c2)CC1)n1nc(-c2ccncc2)ccc1=O. The van der Waals surface area contributed by atoms with Crippen LogP contribution in [0.5, 0.6) is 0 Å². The molecule has 4 rings (SSSR count). The van der Waals surface area contributed by atoms with Crippen LogP contribution < -0.4 is 10.5 Å². The molecule has 3 aromatic rings. The Morgan fingerprint density at radius 1 is 1.00 bits per heavy atom. The number of amides is 1. The first-order valence-corrected chi connectivity index (χ1v) is 10.5. The van der Waals surface area contributed by atoms with Crippen molar-refractivity contribution in [2.45, 2.75) is 19.1 Å². The maximum Gasteiger partial charge on any atom is 0.416 e. The van der Waals surface area contributed by atoms with Gasteiger partial charge in [-0.2, -0.15) is 18.3 Å². The van der Waals surface area contributed by atoms with Crippen molar-refractivity contribution < 1.29 is 18.0 Å². The summed E-state index contributed by atoms with van der Waals surface area (Å²) in [6.45, 7) is 3.06. The largest absolute Gasteiger partial charge is 0.416 e. The van der Waals surface area contributed by atoms with Crippen molar-refractivity contribution in [3.8, 4) is 11.3 Å². The molecule has 7 nitrogen and oxygen atoms in total. The van der Waals surface area contributed by atoms with Crippen LogP contribution in [0.3, 0.4) is 0 Å². The fraction of sp³-hybridized carbons (Fsp3) is 0.304. The van der Waals surface area contributed by atoms with Gasteiger partial charge in [-0.05, 0) is 43.3 Å². The summed E-state index contributed by atoms with van der Waals surface area (Å²) in [4.78, 5) is 32.9. The molecule has 1 unspecified atom stereocenters. The number of halogens is 3. The number of benzene rings is 1. The standard InChI is InChI=1S/C23H22F3N5O2/c1-16(31-21(32)6-5-20(28-31)17-7-9-27-10-8-17)22(33)30-13-11-29(12-14-30)19-4-2-3-18(15-19)23(24,25)26/h2-10,15-16H,11-14H2,1H3. The van der Waals surface area contributed by atoms with Gasteiger partial charge in [0.25, 0.3) is 5.56 Å². The zero-order chi connectivity index (χ0) is 23.6. The molecule has 3 heterocycles. The van der Waals surface area contributed by atoms with E-state index in [0.717, 1.165) is 22.4 Å². The van der Waals surface area contributed by atoms with Gasteiger partial charge in [-0.15, -0.1) is 0 Å². The van der Waals surface area contributed by atoms with Gasteiger partial charge in [0, 0.05) is 55.9 Å². The number of piperazine rings is 1. The van der Waals surface area contributed by atoms with Gasteiger partial charge in [-0.3, -0.25) is 14.6 Å². The Balaban J connectivity index is 1.46. The highest BCUT2D eigenvalue weighted by Gasteiger charge is 2.32. The highest BCUT2D eigenvalue weighted by Crippen LogP contribution is 2.32. The van der Waals surface area contributed by atoms with E-state index in [9.17, 15) is 22.8 Å². The van der Waals surface area contributed by atoms with Crippen LogP contribution in [-0.4, -0.2) is 51.8 Å². The number of aromatic nitrogens is 3. The van der Waals surface area contributed by atoms with Crippen molar-refractivity contribution in [2.24, 2.45) is 0 Å². The molecule has 1 atom stereocenters. The van der Waals surface area contributed by atoms with Crippen LogP contribution >= 0.6 is 0 Å². The lowest BCUT2D eigenvalue weighted by atomic mass is 10.1. The molecule has 0 spiro atoms. The second-order valence-corrected chi connectivity index (χ2v) is 7.77. The second-order valence-electron chi connectivity index (χ2n) is 7.77. The summed E-state index contributed by atoms with van der Waals surface area (Å²) in [6, 6.07) is 10.8. The third-order valence-electron chi connectivity index (χ3n) is 5.66. The van der Waals surface area contributed by atoms with Crippen LogP contribution in [0.15, 0.2) is 65.7 Å². The molecule has 1 amide bonds. The Hall–Kier alpha value is -3.69. The van der Waals surface area contributed by atoms with Crippen LogP contribution in [0.1, 0.15) is 18.5 Å². The molecule has 0 N–H and O–H groups in total. The molecule has 0 bridgehead atoms. The predicted molar refractivity (Wildman–Crippen MR) is 117 cm³/mol. The molecule has 1 fully saturated rings. The van der Waals surface area contributed by atoms with Crippen LogP contribution in [-0.2, 0) is 11.0 Å². The van der Waals surface area contributed by atoms with Crippen LogP contribution in [0, 0.1) is 0 Å². The lowest BCUT2D eigenvalue weighted by Crippen LogP contribution is -2.51. The maximum absolute atomic E-state index is 13.1. The van der Waals surface area contributed by atoms with Gasteiger partial charge in [-0.1, -0.05) is 6.07 Å². The van der Waals surface area contributed by atoms with Gasteiger partial charge >= 0.3 is 6.18 Å². The van der Waals surface area contributed by atoms with E-state index in [2.05, 4.69) is 10.1 Å². The van der Waals surface area contributed by atoms with Crippen LogP contribution in [0.25, 0.3) is 11.3 Å². The first kappa shape index (κ1) is 22.5. The molecule has 2 aromatic heterocycles. The molecular formula is C23H22F3N5O2.